The maximum Gasteiger partial charge on any atom is 0.242 e. The first kappa shape index (κ1) is 11.9. The summed E-state index contributed by atoms with van der Waals surface area (Å²) in [5.41, 5.74) is 0.752. The Morgan fingerprint density at radius 3 is 3.06 bits per heavy atom. The third kappa shape index (κ3) is 3.18. The van der Waals surface area contributed by atoms with Gasteiger partial charge < -0.3 is 20.7 Å². The summed E-state index contributed by atoms with van der Waals surface area (Å²) in [6.07, 6.45) is 0. The van der Waals surface area contributed by atoms with Gasteiger partial charge >= 0.3 is 0 Å². The number of nitrogens with one attached hydrogen (secondary N) is 3. The minimum Gasteiger partial charge on any atom is -0.497 e. The van der Waals surface area contributed by atoms with Crippen LogP contribution in [0.25, 0.3) is 0 Å². The molecule has 1 amide bonds. The molecule has 0 aromatic heterocycles. The van der Waals surface area contributed by atoms with E-state index in [1.165, 1.54) is 0 Å². The van der Waals surface area contributed by atoms with Gasteiger partial charge in [-0.25, -0.2) is 0 Å². The number of hydrogen-bond acceptors (Lipinski definition) is 4. The standard InChI is InChI=1S/C12H17N3O2/c1-17-10-4-2-3-9(7-10)15-12(16)11-8-13-5-6-14-11/h2-4,7,11,13-14H,5-6,8H2,1H3,(H,15,16). The minimum atomic E-state index is -0.171. The molecule has 1 fully saturated rings. The van der Waals surface area contributed by atoms with Crippen molar-refractivity contribution in [3.05, 3.63) is 24.3 Å². The van der Waals surface area contributed by atoms with Gasteiger partial charge in [0.15, 0.2) is 0 Å². The van der Waals surface area contributed by atoms with Crippen LogP contribution in [0.15, 0.2) is 24.3 Å². The lowest BCUT2D eigenvalue weighted by Crippen LogP contribution is -2.54. The maximum atomic E-state index is 11.9. The Kier molecular flexibility index (Phi) is 3.95. The van der Waals surface area contributed by atoms with Crippen LogP contribution >= 0.6 is 0 Å². The van der Waals surface area contributed by atoms with E-state index in [9.17, 15) is 4.79 Å². The molecule has 5 heteroatoms. The maximum absolute atomic E-state index is 11.9. The number of anilines is 1. The first-order valence-electron chi connectivity index (χ1n) is 5.68. The Balaban J connectivity index is 1.96. The van der Waals surface area contributed by atoms with Gasteiger partial charge in [0, 0.05) is 31.4 Å². The van der Waals surface area contributed by atoms with Crippen LogP contribution in [-0.2, 0) is 4.79 Å². The number of rotatable bonds is 3. The lowest BCUT2D eigenvalue weighted by atomic mass is 10.2. The van der Waals surface area contributed by atoms with Gasteiger partial charge in [-0.05, 0) is 12.1 Å². The second kappa shape index (κ2) is 5.65. The molecule has 1 atom stereocenters. The number of methoxy groups -OCH3 is 1. The molecule has 1 saturated heterocycles. The zero-order chi connectivity index (χ0) is 12.1. The van der Waals surface area contributed by atoms with E-state index >= 15 is 0 Å². The van der Waals surface area contributed by atoms with Crippen LogP contribution in [0.1, 0.15) is 0 Å². The second-order valence-electron chi connectivity index (χ2n) is 3.93. The van der Waals surface area contributed by atoms with Crippen molar-refractivity contribution < 1.29 is 9.53 Å². The van der Waals surface area contributed by atoms with Crippen molar-refractivity contribution in [1.82, 2.24) is 10.6 Å². The van der Waals surface area contributed by atoms with E-state index in [-0.39, 0.29) is 11.9 Å². The van der Waals surface area contributed by atoms with E-state index in [2.05, 4.69) is 16.0 Å². The largest absolute Gasteiger partial charge is 0.497 e. The van der Waals surface area contributed by atoms with Gasteiger partial charge in [0.05, 0.1) is 13.2 Å². The summed E-state index contributed by atoms with van der Waals surface area (Å²) < 4.78 is 5.10. The summed E-state index contributed by atoms with van der Waals surface area (Å²) in [7, 11) is 1.60. The first-order chi connectivity index (χ1) is 8.29. The zero-order valence-corrected chi connectivity index (χ0v) is 9.82. The topological polar surface area (TPSA) is 62.4 Å². The highest BCUT2D eigenvalue weighted by molar-refractivity contribution is 5.95. The number of amides is 1. The summed E-state index contributed by atoms with van der Waals surface area (Å²) in [5.74, 6) is 0.711. The van der Waals surface area contributed by atoms with Crippen molar-refractivity contribution in [3.8, 4) is 5.75 Å². The first-order valence-corrected chi connectivity index (χ1v) is 5.68. The Morgan fingerprint density at radius 2 is 2.35 bits per heavy atom. The lowest BCUT2D eigenvalue weighted by Gasteiger charge is -2.23. The molecule has 92 valence electrons. The number of carbonyl (C=O) groups is 1. The van der Waals surface area contributed by atoms with Gasteiger partial charge in [-0.1, -0.05) is 6.07 Å². The molecule has 1 aromatic rings. The Bertz CT molecular complexity index is 389. The van der Waals surface area contributed by atoms with Crippen LogP contribution in [0.5, 0.6) is 5.75 Å². The molecule has 1 unspecified atom stereocenters. The fraction of sp³-hybridized carbons (Fsp3) is 0.417. The van der Waals surface area contributed by atoms with Crippen molar-refractivity contribution in [2.45, 2.75) is 6.04 Å². The van der Waals surface area contributed by atoms with Crippen molar-refractivity contribution in [3.63, 3.8) is 0 Å². The molecule has 1 heterocycles. The average Bonchev–Trinajstić information content (AvgIpc) is 2.40. The van der Waals surface area contributed by atoms with Gasteiger partial charge in [0.1, 0.15) is 5.75 Å². The second-order valence-corrected chi connectivity index (χ2v) is 3.93. The number of hydrogen-bond donors (Lipinski definition) is 3. The molecule has 0 saturated carbocycles. The number of ether oxygens (including phenoxy) is 1. The summed E-state index contributed by atoms with van der Waals surface area (Å²) in [5, 5.41) is 9.20. The smallest absolute Gasteiger partial charge is 0.242 e. The summed E-state index contributed by atoms with van der Waals surface area (Å²) in [6.45, 7) is 2.38. The Labute approximate surface area is 101 Å². The number of benzene rings is 1. The fourth-order valence-corrected chi connectivity index (χ4v) is 1.77. The molecule has 3 N–H and O–H groups in total. The van der Waals surface area contributed by atoms with Gasteiger partial charge in [-0.3, -0.25) is 4.79 Å². The highest BCUT2D eigenvalue weighted by Crippen LogP contribution is 2.16. The minimum absolute atomic E-state index is 0.0227. The van der Waals surface area contributed by atoms with Crippen molar-refractivity contribution in [2.24, 2.45) is 0 Å². The zero-order valence-electron chi connectivity index (χ0n) is 9.82. The molecule has 0 aliphatic carbocycles. The third-order valence-electron chi connectivity index (χ3n) is 2.69. The number of carbonyl (C=O) groups excluding carboxylic acids is 1. The predicted octanol–water partition coefficient (Wildman–Crippen LogP) is 0.195. The molecule has 1 aromatic carbocycles. The van der Waals surface area contributed by atoms with Gasteiger partial charge in [0.2, 0.25) is 5.91 Å². The number of piperazine rings is 1. The summed E-state index contributed by atoms with van der Waals surface area (Å²) >= 11 is 0. The van der Waals surface area contributed by atoms with Crippen LogP contribution in [0.3, 0.4) is 0 Å². The summed E-state index contributed by atoms with van der Waals surface area (Å²) in [4.78, 5) is 11.9. The quantitative estimate of drug-likeness (QED) is 0.700. The molecule has 1 aliphatic rings. The summed E-state index contributed by atoms with van der Waals surface area (Å²) in [6, 6.07) is 7.16. The fourth-order valence-electron chi connectivity index (χ4n) is 1.77. The van der Waals surface area contributed by atoms with Crippen molar-refractivity contribution in [2.75, 3.05) is 32.1 Å². The highest BCUT2D eigenvalue weighted by atomic mass is 16.5. The molecule has 1 aliphatic heterocycles. The van der Waals surface area contributed by atoms with Crippen molar-refractivity contribution in [1.29, 1.82) is 0 Å². The van der Waals surface area contributed by atoms with Gasteiger partial charge in [-0.15, -0.1) is 0 Å². The SMILES string of the molecule is COc1cccc(NC(=O)C2CNCCN2)c1. The molecule has 0 spiro atoms. The van der Waals surface area contributed by atoms with E-state index in [0.717, 1.165) is 24.5 Å². The molecule has 5 nitrogen and oxygen atoms in total. The lowest BCUT2D eigenvalue weighted by molar-refractivity contribution is -0.118. The van der Waals surface area contributed by atoms with E-state index < -0.39 is 0 Å². The van der Waals surface area contributed by atoms with Crippen molar-refractivity contribution >= 4 is 11.6 Å². The van der Waals surface area contributed by atoms with Crippen LogP contribution in [0, 0.1) is 0 Å². The van der Waals surface area contributed by atoms with E-state index in [1.807, 2.05) is 18.2 Å². The highest BCUT2D eigenvalue weighted by Gasteiger charge is 2.20. The molecular weight excluding hydrogens is 218 g/mol. The van der Waals surface area contributed by atoms with Gasteiger partial charge in [-0.2, -0.15) is 0 Å². The monoisotopic (exact) mass is 235 g/mol. The third-order valence-corrected chi connectivity index (χ3v) is 2.69. The molecule has 0 radical (unpaired) electrons. The molecular formula is C12H17N3O2. The van der Waals surface area contributed by atoms with E-state index in [0.29, 0.717) is 6.54 Å². The van der Waals surface area contributed by atoms with Crippen LogP contribution in [0.2, 0.25) is 0 Å². The predicted molar refractivity (Wildman–Crippen MR) is 66.3 cm³/mol. The Hall–Kier alpha value is -1.59. The van der Waals surface area contributed by atoms with E-state index in [4.69, 9.17) is 4.74 Å². The van der Waals surface area contributed by atoms with Gasteiger partial charge in [0.25, 0.3) is 0 Å². The molecule has 0 bridgehead atoms. The molecule has 2 rings (SSSR count). The normalized spacial score (nSPS) is 19.7. The van der Waals surface area contributed by atoms with Crippen LogP contribution in [0.4, 0.5) is 5.69 Å². The van der Waals surface area contributed by atoms with E-state index in [1.54, 1.807) is 13.2 Å². The molecule has 17 heavy (non-hydrogen) atoms. The van der Waals surface area contributed by atoms with Crippen LogP contribution < -0.4 is 20.7 Å². The average molecular weight is 235 g/mol. The Morgan fingerprint density at radius 1 is 1.47 bits per heavy atom. The van der Waals surface area contributed by atoms with Crippen LogP contribution in [-0.4, -0.2) is 38.7 Å².